The van der Waals surface area contributed by atoms with Gasteiger partial charge in [-0.05, 0) is 24.5 Å². The van der Waals surface area contributed by atoms with Gasteiger partial charge in [-0.3, -0.25) is 9.78 Å². The molecule has 0 aliphatic carbocycles. The number of ether oxygens (including phenoxy) is 1. The van der Waals surface area contributed by atoms with Gasteiger partial charge in [-0.1, -0.05) is 6.07 Å². The van der Waals surface area contributed by atoms with E-state index >= 15 is 0 Å². The first kappa shape index (κ1) is 16.2. The number of rotatable bonds is 3. The molecule has 0 N–H and O–H groups in total. The minimum absolute atomic E-state index is 0.142. The summed E-state index contributed by atoms with van der Waals surface area (Å²) in [4.78, 5) is 23.3. The second-order valence-electron chi connectivity index (χ2n) is 6.66. The molecule has 7 nitrogen and oxygen atoms in total. The highest BCUT2D eigenvalue weighted by Gasteiger charge is 2.25. The monoisotopic (exact) mass is 341 g/mol. The van der Waals surface area contributed by atoms with Crippen molar-refractivity contribution in [3.8, 4) is 0 Å². The third-order valence-corrected chi connectivity index (χ3v) is 4.97. The van der Waals surface area contributed by atoms with Crippen LogP contribution in [0, 0.1) is 0 Å². The fraction of sp³-hybridized carbons (Fsp3) is 0.556. The van der Waals surface area contributed by atoms with E-state index in [2.05, 4.69) is 4.98 Å². The van der Waals surface area contributed by atoms with Gasteiger partial charge in [0.25, 0.3) is 0 Å². The van der Waals surface area contributed by atoms with Crippen LogP contribution in [0.4, 0.5) is 0 Å². The van der Waals surface area contributed by atoms with Crippen molar-refractivity contribution in [1.82, 2.24) is 24.6 Å². The first-order valence-corrected chi connectivity index (χ1v) is 8.97. The van der Waals surface area contributed by atoms with Gasteiger partial charge < -0.3 is 9.64 Å². The van der Waals surface area contributed by atoms with Crippen LogP contribution < -0.4 is 0 Å². The zero-order chi connectivity index (χ0) is 17.1. The Kier molecular flexibility index (Phi) is 4.74. The number of pyridine rings is 1. The molecule has 2 aliphatic rings. The van der Waals surface area contributed by atoms with Gasteiger partial charge in [0, 0.05) is 51.0 Å². The van der Waals surface area contributed by atoms with E-state index in [0.717, 1.165) is 49.7 Å². The number of amides is 1. The lowest BCUT2D eigenvalue weighted by Gasteiger charge is -2.20. The van der Waals surface area contributed by atoms with Gasteiger partial charge in [0.15, 0.2) is 5.82 Å². The van der Waals surface area contributed by atoms with Gasteiger partial charge >= 0.3 is 0 Å². The molecule has 2 aliphatic heterocycles. The first-order valence-electron chi connectivity index (χ1n) is 8.97. The zero-order valence-electron chi connectivity index (χ0n) is 14.3. The molecule has 1 fully saturated rings. The predicted molar refractivity (Wildman–Crippen MR) is 91.0 cm³/mol. The van der Waals surface area contributed by atoms with Gasteiger partial charge in [-0.2, -0.15) is 5.10 Å². The molecule has 0 unspecified atom stereocenters. The minimum atomic E-state index is 0.142. The lowest BCUT2D eigenvalue weighted by Crippen LogP contribution is -2.35. The van der Waals surface area contributed by atoms with Crippen LogP contribution in [0.25, 0.3) is 0 Å². The molecule has 132 valence electrons. The SMILES string of the molecule is O=C(Cc1cccnc1)N1CCc2nc(C3CCOCC3)nn2CC1. The quantitative estimate of drug-likeness (QED) is 0.839. The molecule has 0 atom stereocenters. The lowest BCUT2D eigenvalue weighted by molar-refractivity contribution is -0.130. The highest BCUT2D eigenvalue weighted by Crippen LogP contribution is 2.25. The maximum atomic E-state index is 12.5. The van der Waals surface area contributed by atoms with Crippen LogP contribution >= 0.6 is 0 Å². The van der Waals surface area contributed by atoms with Gasteiger partial charge in [-0.15, -0.1) is 0 Å². The first-order chi connectivity index (χ1) is 12.3. The average molecular weight is 341 g/mol. The second kappa shape index (κ2) is 7.31. The van der Waals surface area contributed by atoms with Crippen molar-refractivity contribution in [2.45, 2.75) is 38.1 Å². The number of hydrogen-bond donors (Lipinski definition) is 0. The summed E-state index contributed by atoms with van der Waals surface area (Å²) in [5, 5.41) is 4.71. The van der Waals surface area contributed by atoms with E-state index in [0.29, 0.717) is 32.0 Å². The number of nitrogens with zero attached hydrogens (tertiary/aromatic N) is 5. The third kappa shape index (κ3) is 3.71. The molecule has 0 spiro atoms. The summed E-state index contributed by atoms with van der Waals surface area (Å²) in [6, 6.07) is 3.80. The summed E-state index contributed by atoms with van der Waals surface area (Å²) in [7, 11) is 0. The Hall–Kier alpha value is -2.28. The summed E-state index contributed by atoms with van der Waals surface area (Å²) < 4.78 is 7.41. The predicted octanol–water partition coefficient (Wildman–Crippen LogP) is 1.19. The fourth-order valence-corrected chi connectivity index (χ4v) is 3.49. The van der Waals surface area contributed by atoms with Crippen molar-refractivity contribution < 1.29 is 9.53 Å². The van der Waals surface area contributed by atoms with E-state index in [1.165, 1.54) is 0 Å². The van der Waals surface area contributed by atoms with E-state index in [4.69, 9.17) is 14.8 Å². The van der Waals surface area contributed by atoms with Crippen LogP contribution in [-0.2, 0) is 28.9 Å². The summed E-state index contributed by atoms with van der Waals surface area (Å²) in [5.74, 6) is 2.51. The van der Waals surface area contributed by atoms with Crippen molar-refractivity contribution >= 4 is 5.91 Å². The largest absolute Gasteiger partial charge is 0.381 e. The molecule has 0 bridgehead atoms. The molecule has 25 heavy (non-hydrogen) atoms. The smallest absolute Gasteiger partial charge is 0.227 e. The van der Waals surface area contributed by atoms with Crippen molar-refractivity contribution in [1.29, 1.82) is 0 Å². The molecule has 0 radical (unpaired) electrons. The molecule has 0 aromatic carbocycles. The Balaban J connectivity index is 1.39. The van der Waals surface area contributed by atoms with Crippen molar-refractivity contribution in [3.63, 3.8) is 0 Å². The average Bonchev–Trinajstić information content (AvgIpc) is 2.96. The molecule has 4 heterocycles. The Morgan fingerprint density at radius 1 is 1.24 bits per heavy atom. The van der Waals surface area contributed by atoms with E-state index in [1.807, 2.05) is 21.7 Å². The van der Waals surface area contributed by atoms with E-state index in [9.17, 15) is 4.79 Å². The van der Waals surface area contributed by atoms with Crippen molar-refractivity contribution in [2.24, 2.45) is 0 Å². The van der Waals surface area contributed by atoms with Crippen LogP contribution in [0.2, 0.25) is 0 Å². The normalized spacial score (nSPS) is 18.6. The summed E-state index contributed by atoms with van der Waals surface area (Å²) >= 11 is 0. The Morgan fingerprint density at radius 2 is 2.12 bits per heavy atom. The molecule has 0 saturated carbocycles. The summed E-state index contributed by atoms with van der Waals surface area (Å²) in [5.41, 5.74) is 0.953. The van der Waals surface area contributed by atoms with Crippen molar-refractivity contribution in [2.75, 3.05) is 26.3 Å². The van der Waals surface area contributed by atoms with Gasteiger partial charge in [0.2, 0.25) is 5.91 Å². The van der Waals surface area contributed by atoms with E-state index < -0.39 is 0 Å². The van der Waals surface area contributed by atoms with Crippen LogP contribution in [0.5, 0.6) is 0 Å². The maximum Gasteiger partial charge on any atom is 0.227 e. The Bertz CT molecular complexity index is 699. The van der Waals surface area contributed by atoms with Crippen LogP contribution in [0.15, 0.2) is 24.5 Å². The van der Waals surface area contributed by atoms with Gasteiger partial charge in [0.1, 0.15) is 5.82 Å². The molecule has 1 saturated heterocycles. The number of aromatic nitrogens is 4. The third-order valence-electron chi connectivity index (χ3n) is 4.97. The topological polar surface area (TPSA) is 73.1 Å². The molecular formula is C18H23N5O2. The molecule has 2 aromatic rings. The maximum absolute atomic E-state index is 12.5. The lowest BCUT2D eigenvalue weighted by atomic mass is 10.00. The van der Waals surface area contributed by atoms with Gasteiger partial charge in [-0.25, -0.2) is 9.67 Å². The highest BCUT2D eigenvalue weighted by atomic mass is 16.5. The standard InChI is InChI=1S/C18H23N5O2/c24-17(12-14-2-1-6-19-13-14)22-7-3-16-20-18(21-23(16)9-8-22)15-4-10-25-11-5-15/h1-2,6,13,15H,3-5,7-12H2. The highest BCUT2D eigenvalue weighted by molar-refractivity contribution is 5.78. The number of fused-ring (bicyclic) bond motifs is 1. The molecular weight excluding hydrogens is 318 g/mol. The molecule has 2 aromatic heterocycles. The fourth-order valence-electron chi connectivity index (χ4n) is 3.49. The number of carbonyl (C=O) groups is 1. The summed E-state index contributed by atoms with van der Waals surface area (Å²) in [6.45, 7) is 3.69. The minimum Gasteiger partial charge on any atom is -0.381 e. The Morgan fingerprint density at radius 3 is 2.92 bits per heavy atom. The zero-order valence-corrected chi connectivity index (χ0v) is 14.3. The Labute approximate surface area is 147 Å². The molecule has 1 amide bonds. The van der Waals surface area contributed by atoms with E-state index in [-0.39, 0.29) is 5.91 Å². The molecule has 7 heteroatoms. The van der Waals surface area contributed by atoms with Crippen LogP contribution in [0.3, 0.4) is 0 Å². The summed E-state index contributed by atoms with van der Waals surface area (Å²) in [6.07, 6.45) is 6.63. The van der Waals surface area contributed by atoms with Crippen molar-refractivity contribution in [3.05, 3.63) is 41.7 Å². The van der Waals surface area contributed by atoms with Gasteiger partial charge in [0.05, 0.1) is 13.0 Å². The number of hydrogen-bond acceptors (Lipinski definition) is 5. The molecule has 4 rings (SSSR count). The second-order valence-corrected chi connectivity index (χ2v) is 6.66. The van der Waals surface area contributed by atoms with E-state index in [1.54, 1.807) is 12.4 Å². The van der Waals surface area contributed by atoms with Crippen LogP contribution in [0.1, 0.15) is 36.0 Å². The number of carbonyl (C=O) groups excluding carboxylic acids is 1. The van der Waals surface area contributed by atoms with Crippen LogP contribution in [-0.4, -0.2) is 56.9 Å².